The van der Waals surface area contributed by atoms with Gasteiger partial charge >= 0.3 is 0 Å². The van der Waals surface area contributed by atoms with Gasteiger partial charge in [-0.3, -0.25) is 9.59 Å². The minimum atomic E-state index is -0.0608. The minimum Gasteiger partial charge on any atom is -0.398 e. The number of likely N-dealkylation sites (tertiary alicyclic amines) is 1. The first-order chi connectivity index (χ1) is 10.0. The number of amides is 2. The number of hydrogen-bond acceptors (Lipinski definition) is 3. The largest absolute Gasteiger partial charge is 0.398 e. The van der Waals surface area contributed by atoms with Gasteiger partial charge in [0.05, 0.1) is 5.56 Å². The van der Waals surface area contributed by atoms with E-state index in [-0.39, 0.29) is 17.7 Å². The molecule has 6 heteroatoms. The Balaban J connectivity index is 1.98. The monoisotopic (exact) mass is 353 g/mol. The first kappa shape index (κ1) is 15.8. The first-order valence-electron chi connectivity index (χ1n) is 7.15. The van der Waals surface area contributed by atoms with E-state index in [0.29, 0.717) is 43.7 Å². The van der Waals surface area contributed by atoms with Gasteiger partial charge in [0, 0.05) is 35.7 Å². The summed E-state index contributed by atoms with van der Waals surface area (Å²) >= 11 is 3.33. The highest BCUT2D eigenvalue weighted by molar-refractivity contribution is 9.10. The molecule has 5 nitrogen and oxygen atoms in total. The van der Waals surface area contributed by atoms with Gasteiger partial charge in [-0.25, -0.2) is 0 Å². The molecule has 2 rings (SSSR count). The van der Waals surface area contributed by atoms with Crippen molar-refractivity contribution in [1.82, 2.24) is 10.2 Å². The fourth-order valence-corrected chi connectivity index (χ4v) is 2.94. The molecule has 114 valence electrons. The van der Waals surface area contributed by atoms with E-state index >= 15 is 0 Å². The van der Waals surface area contributed by atoms with Gasteiger partial charge in [-0.15, -0.1) is 0 Å². The molecule has 0 aliphatic carbocycles. The summed E-state index contributed by atoms with van der Waals surface area (Å²) in [5, 5.41) is 2.84. The summed E-state index contributed by atoms with van der Waals surface area (Å²) in [7, 11) is 0. The lowest BCUT2D eigenvalue weighted by atomic mass is 9.95. The number of rotatable bonds is 3. The van der Waals surface area contributed by atoms with Crippen molar-refractivity contribution in [3.05, 3.63) is 28.2 Å². The first-order valence-corrected chi connectivity index (χ1v) is 7.94. The molecule has 0 spiro atoms. The number of piperidine rings is 1. The highest BCUT2D eigenvalue weighted by atomic mass is 79.9. The molecule has 1 aromatic rings. The van der Waals surface area contributed by atoms with E-state index in [9.17, 15) is 9.59 Å². The van der Waals surface area contributed by atoms with E-state index in [0.717, 1.165) is 4.47 Å². The van der Waals surface area contributed by atoms with Gasteiger partial charge in [0.15, 0.2) is 0 Å². The van der Waals surface area contributed by atoms with Crippen LogP contribution in [0, 0.1) is 5.92 Å². The molecule has 0 unspecified atom stereocenters. The summed E-state index contributed by atoms with van der Waals surface area (Å²) in [5.74, 6) is 0.0402. The predicted octanol–water partition coefficient (Wildman–Crippen LogP) is 2.02. The van der Waals surface area contributed by atoms with Crippen molar-refractivity contribution in [2.24, 2.45) is 5.92 Å². The van der Waals surface area contributed by atoms with E-state index in [2.05, 4.69) is 21.2 Å². The van der Waals surface area contributed by atoms with Crippen LogP contribution in [0.3, 0.4) is 0 Å². The average Bonchev–Trinajstić information content (AvgIpc) is 2.47. The molecule has 3 N–H and O–H groups in total. The maximum Gasteiger partial charge on any atom is 0.255 e. The van der Waals surface area contributed by atoms with Crippen molar-refractivity contribution >= 4 is 33.4 Å². The minimum absolute atomic E-state index is 0.0104. The molecule has 1 aromatic carbocycles. The second kappa shape index (κ2) is 6.93. The van der Waals surface area contributed by atoms with Gasteiger partial charge < -0.3 is 16.0 Å². The predicted molar refractivity (Wildman–Crippen MR) is 85.9 cm³/mol. The summed E-state index contributed by atoms with van der Waals surface area (Å²) in [5.41, 5.74) is 6.90. The summed E-state index contributed by atoms with van der Waals surface area (Å²) < 4.78 is 0.853. The average molecular weight is 354 g/mol. The Morgan fingerprint density at radius 3 is 2.62 bits per heavy atom. The molecule has 0 bridgehead atoms. The van der Waals surface area contributed by atoms with Crippen LogP contribution in [-0.4, -0.2) is 36.3 Å². The van der Waals surface area contributed by atoms with E-state index < -0.39 is 0 Å². The number of halogens is 1. The van der Waals surface area contributed by atoms with Crippen molar-refractivity contribution in [3.63, 3.8) is 0 Å². The number of nitrogens with two attached hydrogens (primary N) is 1. The molecule has 21 heavy (non-hydrogen) atoms. The number of carbonyl (C=O) groups excluding carboxylic acids is 2. The molecular weight excluding hydrogens is 334 g/mol. The van der Waals surface area contributed by atoms with Crippen LogP contribution in [0.2, 0.25) is 0 Å². The third-order valence-electron chi connectivity index (χ3n) is 3.75. The van der Waals surface area contributed by atoms with Crippen molar-refractivity contribution in [2.45, 2.75) is 19.8 Å². The topological polar surface area (TPSA) is 75.4 Å². The van der Waals surface area contributed by atoms with Crippen LogP contribution in [-0.2, 0) is 4.79 Å². The van der Waals surface area contributed by atoms with E-state index in [4.69, 9.17) is 5.73 Å². The Kier molecular flexibility index (Phi) is 5.22. The zero-order valence-corrected chi connectivity index (χ0v) is 13.6. The molecule has 0 saturated carbocycles. The van der Waals surface area contributed by atoms with Gasteiger partial charge in [-0.2, -0.15) is 0 Å². The molecule has 2 amide bonds. The van der Waals surface area contributed by atoms with Crippen molar-refractivity contribution < 1.29 is 9.59 Å². The molecule has 0 radical (unpaired) electrons. The highest BCUT2D eigenvalue weighted by Crippen LogP contribution is 2.23. The molecule has 1 aliphatic heterocycles. The van der Waals surface area contributed by atoms with Crippen LogP contribution < -0.4 is 11.1 Å². The third-order valence-corrected chi connectivity index (χ3v) is 4.24. The smallest absolute Gasteiger partial charge is 0.255 e. The van der Waals surface area contributed by atoms with Crippen LogP contribution in [0.25, 0.3) is 0 Å². The fourth-order valence-electron chi connectivity index (χ4n) is 2.56. The normalized spacial score (nSPS) is 15.8. The zero-order chi connectivity index (χ0) is 15.4. The van der Waals surface area contributed by atoms with Crippen molar-refractivity contribution in [3.8, 4) is 0 Å². The van der Waals surface area contributed by atoms with Crippen molar-refractivity contribution in [1.29, 1.82) is 0 Å². The Labute approximate surface area is 133 Å². The number of nitrogen functional groups attached to an aromatic ring is 1. The Morgan fingerprint density at radius 2 is 2.05 bits per heavy atom. The lowest BCUT2D eigenvalue weighted by Gasteiger charge is -2.31. The molecule has 1 fully saturated rings. The van der Waals surface area contributed by atoms with Crippen LogP contribution in [0.4, 0.5) is 5.69 Å². The number of hydrogen-bond donors (Lipinski definition) is 2. The molecule has 1 heterocycles. The number of nitrogens with one attached hydrogen (secondary N) is 1. The summed E-state index contributed by atoms with van der Waals surface area (Å²) in [4.78, 5) is 26.0. The van der Waals surface area contributed by atoms with Gasteiger partial charge in [0.25, 0.3) is 5.91 Å². The maximum absolute atomic E-state index is 12.5. The van der Waals surface area contributed by atoms with E-state index in [1.165, 1.54) is 0 Å². The highest BCUT2D eigenvalue weighted by Gasteiger charge is 2.28. The molecular formula is C15H20BrN3O2. The zero-order valence-electron chi connectivity index (χ0n) is 12.1. The van der Waals surface area contributed by atoms with Gasteiger partial charge in [-0.1, -0.05) is 15.9 Å². The third kappa shape index (κ3) is 3.75. The second-order valence-electron chi connectivity index (χ2n) is 5.19. The lowest BCUT2D eigenvalue weighted by Crippen LogP contribution is -2.43. The number of anilines is 1. The van der Waals surface area contributed by atoms with Crippen LogP contribution in [0.15, 0.2) is 22.7 Å². The maximum atomic E-state index is 12.5. The number of nitrogens with zero attached hydrogens (tertiary/aromatic N) is 1. The van der Waals surface area contributed by atoms with Crippen molar-refractivity contribution in [2.75, 3.05) is 25.4 Å². The molecule has 0 atom stereocenters. The van der Waals surface area contributed by atoms with Crippen LogP contribution >= 0.6 is 15.9 Å². The summed E-state index contributed by atoms with van der Waals surface area (Å²) in [6.07, 6.45) is 1.40. The number of carbonyl (C=O) groups is 2. The van der Waals surface area contributed by atoms with Gasteiger partial charge in [0.1, 0.15) is 0 Å². The van der Waals surface area contributed by atoms with E-state index in [1.807, 2.05) is 13.0 Å². The van der Waals surface area contributed by atoms with Crippen LogP contribution in [0.5, 0.6) is 0 Å². The lowest BCUT2D eigenvalue weighted by molar-refractivity contribution is -0.126. The summed E-state index contributed by atoms with van der Waals surface area (Å²) in [6, 6.07) is 5.28. The molecule has 1 aliphatic rings. The van der Waals surface area contributed by atoms with Crippen LogP contribution in [0.1, 0.15) is 30.1 Å². The fraction of sp³-hybridized carbons (Fsp3) is 0.467. The Bertz CT molecular complexity index is 540. The summed E-state index contributed by atoms with van der Waals surface area (Å²) in [6.45, 7) is 3.74. The van der Waals surface area contributed by atoms with Gasteiger partial charge in [0.2, 0.25) is 5.91 Å². The molecule has 1 saturated heterocycles. The Hall–Kier alpha value is -1.56. The second-order valence-corrected chi connectivity index (χ2v) is 6.11. The standard InChI is InChI=1S/C15H20BrN3O2/c1-2-18-14(20)10-5-7-19(8-6-10)15(21)12-4-3-11(16)9-13(12)17/h3-4,9-10H,2,5-8,17H2,1H3,(H,18,20). The SMILES string of the molecule is CCNC(=O)C1CCN(C(=O)c2ccc(Br)cc2N)CC1. The van der Waals surface area contributed by atoms with Gasteiger partial charge in [-0.05, 0) is 38.0 Å². The quantitative estimate of drug-likeness (QED) is 0.816. The van der Waals surface area contributed by atoms with E-state index in [1.54, 1.807) is 17.0 Å². The Morgan fingerprint density at radius 1 is 1.38 bits per heavy atom. The molecule has 0 aromatic heterocycles. The number of benzene rings is 1.